The summed E-state index contributed by atoms with van der Waals surface area (Å²) in [5.74, 6) is -0.590. The Kier molecular flexibility index (Phi) is 7.61. The number of carbonyl (C=O) groups excluding carboxylic acids is 2. The lowest BCUT2D eigenvalue weighted by Crippen LogP contribution is -2.48. The van der Waals surface area contributed by atoms with Gasteiger partial charge < -0.3 is 14.2 Å². The molecule has 32 heavy (non-hydrogen) atoms. The van der Waals surface area contributed by atoms with Gasteiger partial charge >= 0.3 is 5.97 Å². The van der Waals surface area contributed by atoms with E-state index in [1.54, 1.807) is 23.4 Å². The number of nitrogens with one attached hydrogen (secondary N) is 1. The molecule has 2 heterocycles. The molecule has 3 rings (SSSR count). The van der Waals surface area contributed by atoms with Crippen LogP contribution >= 0.6 is 0 Å². The maximum atomic E-state index is 12.8. The fourth-order valence-corrected chi connectivity index (χ4v) is 6.97. The number of carbonyl (C=O) groups is 2. The zero-order valence-electron chi connectivity index (χ0n) is 18.3. The van der Waals surface area contributed by atoms with Crippen LogP contribution in [0.1, 0.15) is 44.3 Å². The number of esters is 1. The molecule has 1 aromatic rings. The van der Waals surface area contributed by atoms with Gasteiger partial charge in [-0.15, -0.1) is 0 Å². The van der Waals surface area contributed by atoms with E-state index < -0.39 is 38.3 Å². The molecule has 1 saturated carbocycles. The van der Waals surface area contributed by atoms with Crippen molar-refractivity contribution < 1.29 is 31.2 Å². The van der Waals surface area contributed by atoms with Crippen LogP contribution in [0, 0.1) is 6.92 Å². The predicted molar refractivity (Wildman–Crippen MR) is 115 cm³/mol. The molecule has 11 nitrogen and oxygen atoms in total. The van der Waals surface area contributed by atoms with E-state index in [1.165, 1.54) is 6.20 Å². The van der Waals surface area contributed by atoms with Crippen molar-refractivity contribution in [1.82, 2.24) is 19.2 Å². The van der Waals surface area contributed by atoms with Gasteiger partial charge in [-0.2, -0.15) is 0 Å². The SMILES string of the molecule is Cc1nc(S(=O)(=O)NCCC(=O)OCC(=O)N(C2CCCC2)C2CCS(=O)(=O)C2)cn1C. The Morgan fingerprint density at radius 2 is 1.94 bits per heavy atom. The van der Waals surface area contributed by atoms with E-state index in [-0.39, 0.29) is 41.6 Å². The highest BCUT2D eigenvalue weighted by Gasteiger charge is 2.39. The van der Waals surface area contributed by atoms with Gasteiger partial charge in [0.1, 0.15) is 5.82 Å². The van der Waals surface area contributed by atoms with E-state index in [9.17, 15) is 26.4 Å². The van der Waals surface area contributed by atoms with Crippen LogP contribution in [0.2, 0.25) is 0 Å². The molecule has 1 aliphatic carbocycles. The van der Waals surface area contributed by atoms with Gasteiger partial charge in [0, 0.05) is 31.9 Å². The summed E-state index contributed by atoms with van der Waals surface area (Å²) in [4.78, 5) is 30.4. The molecular weight excluding hydrogens is 460 g/mol. The van der Waals surface area contributed by atoms with Gasteiger partial charge in [-0.05, 0) is 26.2 Å². The molecule has 1 N–H and O–H groups in total. The summed E-state index contributed by atoms with van der Waals surface area (Å²) >= 11 is 0. The van der Waals surface area contributed by atoms with Crippen molar-refractivity contribution in [2.45, 2.75) is 62.6 Å². The normalized spacial score (nSPS) is 21.0. The lowest BCUT2D eigenvalue weighted by molar-refractivity contribution is -0.154. The third-order valence-electron chi connectivity index (χ3n) is 5.95. The van der Waals surface area contributed by atoms with Gasteiger partial charge in [0.15, 0.2) is 21.5 Å². The highest BCUT2D eigenvalue weighted by molar-refractivity contribution is 7.91. The number of aromatic nitrogens is 2. The summed E-state index contributed by atoms with van der Waals surface area (Å²) in [5.41, 5.74) is 0. The fourth-order valence-electron chi connectivity index (χ4n) is 4.19. The standard InChI is InChI=1S/C19H30N4O7S2/c1-14-21-17(11-22(14)2)32(28,29)20-9-7-19(25)30-12-18(24)23(15-5-3-4-6-15)16-8-10-31(26,27)13-16/h11,15-16,20H,3-10,12-13H2,1-2H3. The second-order valence-corrected chi connectivity index (χ2v) is 12.3. The molecule has 13 heteroatoms. The Balaban J connectivity index is 1.49. The zero-order chi connectivity index (χ0) is 23.5. The van der Waals surface area contributed by atoms with E-state index in [1.807, 2.05) is 0 Å². The molecule has 180 valence electrons. The Morgan fingerprint density at radius 3 is 2.50 bits per heavy atom. The number of rotatable bonds is 9. The molecule has 0 aromatic carbocycles. The van der Waals surface area contributed by atoms with Crippen molar-refractivity contribution in [3.8, 4) is 0 Å². The minimum Gasteiger partial charge on any atom is -0.456 e. The molecule has 1 aliphatic heterocycles. The number of aryl methyl sites for hydroxylation is 2. The number of sulfone groups is 1. The summed E-state index contributed by atoms with van der Waals surface area (Å²) in [5, 5.41) is -0.139. The van der Waals surface area contributed by atoms with Crippen LogP contribution < -0.4 is 4.72 Å². The molecular formula is C19H30N4O7S2. The van der Waals surface area contributed by atoms with Gasteiger partial charge in [-0.25, -0.2) is 26.5 Å². The highest BCUT2D eigenvalue weighted by Crippen LogP contribution is 2.29. The lowest BCUT2D eigenvalue weighted by atomic mass is 10.1. The van der Waals surface area contributed by atoms with Crippen LogP contribution in [0.5, 0.6) is 0 Å². The van der Waals surface area contributed by atoms with E-state index in [0.29, 0.717) is 12.2 Å². The number of amides is 1. The zero-order valence-corrected chi connectivity index (χ0v) is 20.0. The summed E-state index contributed by atoms with van der Waals surface area (Å²) in [6.07, 6.45) is 5.09. The molecule has 2 aliphatic rings. The Morgan fingerprint density at radius 1 is 1.25 bits per heavy atom. The van der Waals surface area contributed by atoms with E-state index >= 15 is 0 Å². The van der Waals surface area contributed by atoms with Crippen molar-refractivity contribution in [2.75, 3.05) is 24.7 Å². The third-order valence-corrected chi connectivity index (χ3v) is 9.03. The number of sulfonamides is 1. The first-order chi connectivity index (χ1) is 15.0. The van der Waals surface area contributed by atoms with Crippen LogP contribution in [0.25, 0.3) is 0 Å². The monoisotopic (exact) mass is 490 g/mol. The molecule has 2 fully saturated rings. The van der Waals surface area contributed by atoms with Crippen LogP contribution in [-0.2, 0) is 41.2 Å². The molecule has 0 bridgehead atoms. The largest absolute Gasteiger partial charge is 0.456 e. The molecule has 1 atom stereocenters. The molecule has 1 amide bonds. The average molecular weight is 491 g/mol. The molecule has 0 spiro atoms. The fraction of sp³-hybridized carbons (Fsp3) is 0.737. The summed E-state index contributed by atoms with van der Waals surface area (Å²) < 4.78 is 57.2. The second kappa shape index (κ2) is 9.87. The number of ether oxygens (including phenoxy) is 1. The molecule has 1 unspecified atom stereocenters. The maximum Gasteiger partial charge on any atom is 0.307 e. The second-order valence-electron chi connectivity index (χ2n) is 8.34. The van der Waals surface area contributed by atoms with Crippen LogP contribution in [-0.4, -0.2) is 79.9 Å². The van der Waals surface area contributed by atoms with Gasteiger partial charge in [0.05, 0.1) is 17.9 Å². The minimum atomic E-state index is -3.86. The summed E-state index contributed by atoms with van der Waals surface area (Å²) in [6.45, 7) is 0.986. The Bertz CT molecular complexity index is 1040. The quantitative estimate of drug-likeness (QED) is 0.472. The van der Waals surface area contributed by atoms with Crippen molar-refractivity contribution in [1.29, 1.82) is 0 Å². The number of nitrogens with zero attached hydrogens (tertiary/aromatic N) is 3. The van der Waals surface area contributed by atoms with Crippen molar-refractivity contribution in [3.05, 3.63) is 12.0 Å². The maximum absolute atomic E-state index is 12.8. The van der Waals surface area contributed by atoms with Crippen LogP contribution in [0.4, 0.5) is 0 Å². The summed E-state index contributed by atoms with van der Waals surface area (Å²) in [7, 11) is -5.34. The number of imidazole rings is 1. The first-order valence-electron chi connectivity index (χ1n) is 10.7. The third kappa shape index (κ3) is 6.07. The first kappa shape index (κ1) is 24.6. The topological polar surface area (TPSA) is 145 Å². The summed E-state index contributed by atoms with van der Waals surface area (Å²) in [6, 6.07) is -0.420. The van der Waals surface area contributed by atoms with E-state index in [0.717, 1.165) is 25.7 Å². The van der Waals surface area contributed by atoms with Gasteiger partial charge in [0.25, 0.3) is 15.9 Å². The Labute approximate surface area is 188 Å². The highest BCUT2D eigenvalue weighted by atomic mass is 32.2. The van der Waals surface area contributed by atoms with Crippen LogP contribution in [0.3, 0.4) is 0 Å². The predicted octanol–water partition coefficient (Wildman–Crippen LogP) is -0.102. The molecule has 0 radical (unpaired) electrons. The van der Waals surface area contributed by atoms with E-state index in [4.69, 9.17) is 4.74 Å². The lowest BCUT2D eigenvalue weighted by Gasteiger charge is -2.33. The van der Waals surface area contributed by atoms with Crippen LogP contribution in [0.15, 0.2) is 11.2 Å². The van der Waals surface area contributed by atoms with Crippen molar-refractivity contribution in [2.24, 2.45) is 7.05 Å². The van der Waals surface area contributed by atoms with Gasteiger partial charge in [-0.1, -0.05) is 12.8 Å². The first-order valence-corrected chi connectivity index (χ1v) is 14.0. The van der Waals surface area contributed by atoms with Gasteiger partial charge in [-0.3, -0.25) is 9.59 Å². The molecule has 1 aromatic heterocycles. The minimum absolute atomic E-state index is 0.0341. The number of hydrogen-bond donors (Lipinski definition) is 1. The van der Waals surface area contributed by atoms with Crippen molar-refractivity contribution in [3.63, 3.8) is 0 Å². The number of hydrogen-bond acceptors (Lipinski definition) is 8. The van der Waals surface area contributed by atoms with Crippen molar-refractivity contribution >= 4 is 31.7 Å². The van der Waals surface area contributed by atoms with E-state index in [2.05, 4.69) is 9.71 Å². The smallest absolute Gasteiger partial charge is 0.307 e. The molecule has 1 saturated heterocycles. The van der Waals surface area contributed by atoms with Gasteiger partial charge in [0.2, 0.25) is 0 Å². The average Bonchev–Trinajstić information content (AvgIpc) is 3.43. The Hall–Kier alpha value is -1.99.